The monoisotopic (exact) mass is 241 g/mol. The largest absolute Gasteiger partial charge is 0.397 e. The van der Waals surface area contributed by atoms with E-state index in [2.05, 4.69) is 0 Å². The summed E-state index contributed by atoms with van der Waals surface area (Å²) in [5.74, 6) is 0. The summed E-state index contributed by atoms with van der Waals surface area (Å²) in [4.78, 5) is 0.272. The second-order valence-electron chi connectivity index (χ2n) is 4.13. The maximum atomic E-state index is 12.2. The molecule has 1 rings (SSSR count). The van der Waals surface area contributed by atoms with E-state index in [1.165, 1.54) is 0 Å². The molecule has 1 unspecified atom stereocenters. The van der Waals surface area contributed by atoms with Crippen molar-refractivity contribution in [2.45, 2.75) is 43.8 Å². The molecule has 0 aliphatic carbocycles. The third-order valence-electron chi connectivity index (χ3n) is 2.82. The Morgan fingerprint density at radius 2 is 2.00 bits per heavy atom. The van der Waals surface area contributed by atoms with Crippen LogP contribution >= 0.6 is 0 Å². The van der Waals surface area contributed by atoms with Crippen LogP contribution in [0.5, 0.6) is 0 Å². The van der Waals surface area contributed by atoms with Gasteiger partial charge in [-0.15, -0.1) is 0 Å². The smallest absolute Gasteiger partial charge is 0.182 e. The number of sulfone groups is 1. The quantitative estimate of drug-likeness (QED) is 0.824. The molecule has 16 heavy (non-hydrogen) atoms. The summed E-state index contributed by atoms with van der Waals surface area (Å²) < 4.78 is 24.4. The van der Waals surface area contributed by atoms with E-state index in [0.29, 0.717) is 12.1 Å². The van der Waals surface area contributed by atoms with Crippen LogP contribution in [-0.2, 0) is 9.84 Å². The number of rotatable bonds is 4. The summed E-state index contributed by atoms with van der Waals surface area (Å²) in [6, 6.07) is 5.14. The van der Waals surface area contributed by atoms with Gasteiger partial charge >= 0.3 is 0 Å². The van der Waals surface area contributed by atoms with Crippen molar-refractivity contribution in [2.24, 2.45) is 0 Å². The molecule has 3 nitrogen and oxygen atoms in total. The van der Waals surface area contributed by atoms with E-state index in [0.717, 1.165) is 12.0 Å². The van der Waals surface area contributed by atoms with Crippen molar-refractivity contribution in [3.8, 4) is 0 Å². The summed E-state index contributed by atoms with van der Waals surface area (Å²) in [5, 5.41) is -0.374. The molecule has 4 heteroatoms. The molecule has 2 N–H and O–H groups in total. The van der Waals surface area contributed by atoms with Gasteiger partial charge in [0.15, 0.2) is 9.84 Å². The van der Waals surface area contributed by atoms with E-state index >= 15 is 0 Å². The van der Waals surface area contributed by atoms with E-state index in [1.54, 1.807) is 19.1 Å². The lowest BCUT2D eigenvalue weighted by atomic mass is 10.2. The number of nitrogen functional groups attached to an aromatic ring is 1. The van der Waals surface area contributed by atoms with Crippen LogP contribution in [0, 0.1) is 6.92 Å². The van der Waals surface area contributed by atoms with Gasteiger partial charge in [-0.3, -0.25) is 0 Å². The van der Waals surface area contributed by atoms with Gasteiger partial charge in [-0.25, -0.2) is 8.42 Å². The Bertz CT molecular complexity index is 466. The fraction of sp³-hybridized carbons (Fsp3) is 0.500. The highest BCUT2D eigenvalue weighted by Crippen LogP contribution is 2.26. The van der Waals surface area contributed by atoms with Gasteiger partial charge in [0.2, 0.25) is 0 Å². The first-order valence-corrected chi connectivity index (χ1v) is 7.04. The van der Waals surface area contributed by atoms with E-state index in [1.807, 2.05) is 19.9 Å². The van der Waals surface area contributed by atoms with Gasteiger partial charge in [-0.2, -0.15) is 0 Å². The zero-order valence-electron chi connectivity index (χ0n) is 10.0. The summed E-state index contributed by atoms with van der Waals surface area (Å²) in [6.07, 6.45) is 1.52. The highest BCUT2D eigenvalue weighted by Gasteiger charge is 2.24. The fourth-order valence-electron chi connectivity index (χ4n) is 1.68. The Labute approximate surface area is 97.6 Å². The van der Waals surface area contributed by atoms with Gasteiger partial charge in [-0.1, -0.05) is 25.5 Å². The van der Waals surface area contributed by atoms with Crippen molar-refractivity contribution in [1.82, 2.24) is 0 Å². The Kier molecular flexibility index (Phi) is 3.97. The van der Waals surface area contributed by atoms with Crippen LogP contribution in [0.4, 0.5) is 5.69 Å². The van der Waals surface area contributed by atoms with Crippen molar-refractivity contribution < 1.29 is 8.42 Å². The van der Waals surface area contributed by atoms with Crippen LogP contribution in [-0.4, -0.2) is 13.7 Å². The average Bonchev–Trinajstić information content (AvgIpc) is 2.22. The van der Waals surface area contributed by atoms with Gasteiger partial charge in [0.1, 0.15) is 0 Å². The van der Waals surface area contributed by atoms with Crippen LogP contribution in [0.2, 0.25) is 0 Å². The van der Waals surface area contributed by atoms with E-state index in [9.17, 15) is 8.42 Å². The molecule has 0 aliphatic rings. The molecule has 0 radical (unpaired) electrons. The molecule has 1 aromatic rings. The molecule has 1 atom stereocenters. The van der Waals surface area contributed by atoms with Crippen molar-refractivity contribution in [3.63, 3.8) is 0 Å². The molecule has 0 bridgehead atoms. The zero-order chi connectivity index (χ0) is 12.3. The number of hydrogen-bond donors (Lipinski definition) is 1. The van der Waals surface area contributed by atoms with Crippen LogP contribution in [0.25, 0.3) is 0 Å². The van der Waals surface area contributed by atoms with Gasteiger partial charge in [0.05, 0.1) is 15.8 Å². The Balaban J connectivity index is 3.22. The molecule has 90 valence electrons. The predicted molar refractivity (Wildman–Crippen MR) is 67.1 cm³/mol. The number of hydrogen-bond acceptors (Lipinski definition) is 3. The normalized spacial score (nSPS) is 13.7. The Morgan fingerprint density at radius 1 is 1.38 bits per heavy atom. The minimum Gasteiger partial charge on any atom is -0.397 e. The van der Waals surface area contributed by atoms with Gasteiger partial charge in [-0.05, 0) is 31.9 Å². The van der Waals surface area contributed by atoms with Crippen molar-refractivity contribution in [1.29, 1.82) is 0 Å². The highest BCUT2D eigenvalue weighted by molar-refractivity contribution is 7.92. The van der Waals surface area contributed by atoms with Gasteiger partial charge in [0.25, 0.3) is 0 Å². The van der Waals surface area contributed by atoms with E-state index in [4.69, 9.17) is 5.73 Å². The van der Waals surface area contributed by atoms with Crippen LogP contribution in [0.15, 0.2) is 23.1 Å². The molecule has 0 saturated heterocycles. The van der Waals surface area contributed by atoms with Crippen molar-refractivity contribution in [2.75, 3.05) is 5.73 Å². The summed E-state index contributed by atoms with van der Waals surface area (Å²) in [5.41, 5.74) is 7.01. The van der Waals surface area contributed by atoms with Crippen LogP contribution in [0.1, 0.15) is 32.3 Å². The van der Waals surface area contributed by atoms with Crippen molar-refractivity contribution in [3.05, 3.63) is 23.8 Å². The molecule has 0 fully saturated rings. The lowest BCUT2D eigenvalue weighted by Gasteiger charge is -2.14. The summed E-state index contributed by atoms with van der Waals surface area (Å²) >= 11 is 0. The number of nitrogens with two attached hydrogens (primary N) is 1. The molecule has 0 saturated carbocycles. The first-order valence-electron chi connectivity index (χ1n) is 5.50. The van der Waals surface area contributed by atoms with E-state index < -0.39 is 9.84 Å². The topological polar surface area (TPSA) is 60.2 Å². The summed E-state index contributed by atoms with van der Waals surface area (Å²) in [6.45, 7) is 5.53. The molecule has 0 aliphatic heterocycles. The lowest BCUT2D eigenvalue weighted by Crippen LogP contribution is -2.19. The minimum absolute atomic E-state index is 0.272. The first kappa shape index (κ1) is 13.0. The molecule has 0 aromatic heterocycles. The Hall–Kier alpha value is -1.03. The zero-order valence-corrected chi connectivity index (χ0v) is 10.8. The third kappa shape index (κ3) is 2.38. The first-order chi connectivity index (χ1) is 7.41. The third-order valence-corrected chi connectivity index (χ3v) is 5.08. The van der Waals surface area contributed by atoms with Crippen LogP contribution in [0.3, 0.4) is 0 Å². The number of aryl methyl sites for hydroxylation is 1. The number of para-hydroxylation sites is 1. The van der Waals surface area contributed by atoms with Gasteiger partial charge in [0, 0.05) is 0 Å². The lowest BCUT2D eigenvalue weighted by molar-refractivity contribution is 0.576. The molecule has 1 aromatic carbocycles. The maximum Gasteiger partial charge on any atom is 0.182 e. The molecule has 0 heterocycles. The molecule has 0 amide bonds. The highest BCUT2D eigenvalue weighted by atomic mass is 32.2. The second-order valence-corrected chi connectivity index (χ2v) is 6.47. The minimum atomic E-state index is -3.28. The SMILES string of the molecule is CCCC(C)S(=O)(=O)c1cccc(C)c1N. The summed E-state index contributed by atoms with van der Waals surface area (Å²) in [7, 11) is -3.28. The van der Waals surface area contributed by atoms with Gasteiger partial charge < -0.3 is 5.73 Å². The number of benzene rings is 1. The molecule has 0 spiro atoms. The fourth-order valence-corrected chi connectivity index (χ4v) is 3.40. The number of anilines is 1. The van der Waals surface area contributed by atoms with Crippen molar-refractivity contribution >= 4 is 15.5 Å². The van der Waals surface area contributed by atoms with Crippen LogP contribution < -0.4 is 5.73 Å². The van der Waals surface area contributed by atoms with E-state index in [-0.39, 0.29) is 10.1 Å². The molecular weight excluding hydrogens is 222 g/mol. The average molecular weight is 241 g/mol. The predicted octanol–water partition coefficient (Wildman–Crippen LogP) is 2.54. The molecular formula is C12H19NO2S. The second kappa shape index (κ2) is 4.87. The standard InChI is InChI=1S/C12H19NO2S/c1-4-6-10(3)16(14,15)11-8-5-7-9(2)12(11)13/h5,7-8,10H,4,6,13H2,1-3H3. The maximum absolute atomic E-state index is 12.2. The Morgan fingerprint density at radius 3 is 2.56 bits per heavy atom.